The van der Waals surface area contributed by atoms with Crippen LogP contribution in [-0.4, -0.2) is 46.8 Å². The molecule has 0 amide bonds. The van der Waals surface area contributed by atoms with E-state index in [0.717, 1.165) is 28.0 Å². The van der Waals surface area contributed by atoms with Gasteiger partial charge in [-0.15, -0.1) is 6.42 Å². The van der Waals surface area contributed by atoms with Gasteiger partial charge >= 0.3 is 0 Å². The second-order valence-electron chi connectivity index (χ2n) is 7.54. The minimum Gasteiger partial charge on any atom is -0.497 e. The van der Waals surface area contributed by atoms with E-state index in [-0.39, 0.29) is 6.61 Å². The van der Waals surface area contributed by atoms with Crippen LogP contribution < -0.4 is 4.74 Å². The van der Waals surface area contributed by atoms with Crippen LogP contribution in [0.5, 0.6) is 5.75 Å². The van der Waals surface area contributed by atoms with Gasteiger partial charge in [0.2, 0.25) is 5.79 Å². The van der Waals surface area contributed by atoms with Crippen molar-refractivity contribution in [3.63, 3.8) is 0 Å². The number of rotatable bonds is 3. The third-order valence-electron chi connectivity index (χ3n) is 5.76. The molecule has 0 unspecified atom stereocenters. The highest BCUT2D eigenvalue weighted by atomic mass is 16.7. The lowest BCUT2D eigenvalue weighted by Crippen LogP contribution is -2.62. The third kappa shape index (κ3) is 3.21. The molecule has 6 nitrogen and oxygen atoms in total. The minimum absolute atomic E-state index is 0.194. The summed E-state index contributed by atoms with van der Waals surface area (Å²) in [4.78, 5) is 0. The number of fused-ring (bicyclic) bond motifs is 2. The molecule has 0 aliphatic carbocycles. The fourth-order valence-corrected chi connectivity index (χ4v) is 4.09. The monoisotopic (exact) mass is 396 g/mol. The van der Waals surface area contributed by atoms with E-state index in [4.69, 9.17) is 20.6 Å². The van der Waals surface area contributed by atoms with Crippen LogP contribution in [0.3, 0.4) is 0 Å². The van der Waals surface area contributed by atoms with E-state index in [1.807, 2.05) is 36.4 Å². The summed E-state index contributed by atoms with van der Waals surface area (Å²) in [5, 5.41) is 31.1. The van der Waals surface area contributed by atoms with Gasteiger partial charge in [-0.1, -0.05) is 18.1 Å². The lowest BCUT2D eigenvalue weighted by Gasteiger charge is -2.45. The van der Waals surface area contributed by atoms with Crippen LogP contribution >= 0.6 is 0 Å². The molecule has 2 heterocycles. The lowest BCUT2D eigenvalue weighted by atomic mass is 9.85. The van der Waals surface area contributed by atoms with Crippen LogP contribution in [0.2, 0.25) is 0 Å². The fourth-order valence-electron chi connectivity index (χ4n) is 4.09. The summed E-state index contributed by atoms with van der Waals surface area (Å²) in [5.41, 5.74) is 4.09. The number of aliphatic hydroxyl groups excluding tert-OH is 3. The van der Waals surface area contributed by atoms with Gasteiger partial charge in [-0.2, -0.15) is 0 Å². The molecule has 0 saturated carbocycles. The maximum absolute atomic E-state index is 10.7. The van der Waals surface area contributed by atoms with E-state index in [1.54, 1.807) is 14.0 Å². The standard InChI is InChI=1S/C23H24O6/c1-4-15-10-17-12-28-23(22(26)21(25)20(24)13(2)29-23)19(17)11-16(15)9-14-5-7-18(27-3)8-6-14/h1,5-8,10-11,13,20-22,24-26H,9,12H2,2-3H3/t13-,20-,21+,22-,23+/m1/s1. The quantitative estimate of drug-likeness (QED) is 0.681. The molecule has 5 atom stereocenters. The smallest absolute Gasteiger partial charge is 0.225 e. The zero-order valence-electron chi connectivity index (χ0n) is 16.3. The summed E-state index contributed by atoms with van der Waals surface area (Å²) in [5.74, 6) is 1.96. The second-order valence-corrected chi connectivity index (χ2v) is 7.54. The van der Waals surface area contributed by atoms with Crippen molar-refractivity contribution in [1.29, 1.82) is 0 Å². The molecule has 2 aliphatic heterocycles. The van der Waals surface area contributed by atoms with Crippen LogP contribution in [0.15, 0.2) is 36.4 Å². The molecule has 2 aromatic carbocycles. The van der Waals surface area contributed by atoms with Gasteiger partial charge in [0.05, 0.1) is 19.8 Å². The molecule has 152 valence electrons. The first kappa shape index (κ1) is 19.9. The molecule has 1 saturated heterocycles. The van der Waals surface area contributed by atoms with Gasteiger partial charge in [0.25, 0.3) is 0 Å². The van der Waals surface area contributed by atoms with Gasteiger partial charge < -0.3 is 29.5 Å². The van der Waals surface area contributed by atoms with Crippen LogP contribution in [0, 0.1) is 12.3 Å². The van der Waals surface area contributed by atoms with Gasteiger partial charge in [-0.3, -0.25) is 0 Å². The fraction of sp³-hybridized carbons (Fsp3) is 0.391. The Morgan fingerprint density at radius 1 is 1.17 bits per heavy atom. The summed E-state index contributed by atoms with van der Waals surface area (Å²) >= 11 is 0. The van der Waals surface area contributed by atoms with E-state index in [1.165, 1.54) is 0 Å². The van der Waals surface area contributed by atoms with Crippen molar-refractivity contribution in [2.24, 2.45) is 0 Å². The van der Waals surface area contributed by atoms with Gasteiger partial charge in [0, 0.05) is 11.1 Å². The maximum Gasteiger partial charge on any atom is 0.225 e. The van der Waals surface area contributed by atoms with Crippen LogP contribution in [0.1, 0.15) is 34.7 Å². The third-order valence-corrected chi connectivity index (χ3v) is 5.76. The largest absolute Gasteiger partial charge is 0.497 e. The Hall–Kier alpha value is -2.40. The molecule has 0 bridgehead atoms. The average molecular weight is 396 g/mol. The Labute approximate surface area is 169 Å². The first-order chi connectivity index (χ1) is 13.9. The second kappa shape index (κ2) is 7.45. The highest BCUT2D eigenvalue weighted by Crippen LogP contribution is 2.46. The number of aliphatic hydroxyl groups is 3. The van der Waals surface area contributed by atoms with E-state index in [0.29, 0.717) is 12.0 Å². The van der Waals surface area contributed by atoms with E-state index >= 15 is 0 Å². The topological polar surface area (TPSA) is 88.4 Å². The number of hydrogen-bond acceptors (Lipinski definition) is 6. The number of hydrogen-bond donors (Lipinski definition) is 3. The van der Waals surface area contributed by atoms with Gasteiger partial charge in [-0.05, 0) is 54.3 Å². The van der Waals surface area contributed by atoms with Gasteiger partial charge in [-0.25, -0.2) is 0 Å². The van der Waals surface area contributed by atoms with Gasteiger partial charge in [0.15, 0.2) is 0 Å². The Morgan fingerprint density at radius 2 is 1.90 bits per heavy atom. The molecular formula is C23H24O6. The first-order valence-electron chi connectivity index (χ1n) is 9.51. The van der Waals surface area contributed by atoms with Crippen molar-refractivity contribution in [2.45, 2.75) is 50.2 Å². The van der Waals surface area contributed by atoms with Crippen molar-refractivity contribution in [3.8, 4) is 18.1 Å². The normalized spacial score (nSPS) is 30.8. The molecule has 4 rings (SSSR count). The number of methoxy groups -OCH3 is 1. The Kier molecular flexibility index (Phi) is 5.11. The summed E-state index contributed by atoms with van der Waals surface area (Å²) in [6.07, 6.45) is 1.58. The zero-order valence-corrected chi connectivity index (χ0v) is 16.3. The lowest BCUT2D eigenvalue weighted by molar-refractivity contribution is -0.362. The predicted molar refractivity (Wildman–Crippen MR) is 105 cm³/mol. The molecule has 0 radical (unpaired) electrons. The van der Waals surface area contributed by atoms with Crippen molar-refractivity contribution >= 4 is 0 Å². The average Bonchev–Trinajstić information content (AvgIpc) is 3.09. The number of benzene rings is 2. The molecular weight excluding hydrogens is 372 g/mol. The van der Waals surface area contributed by atoms with E-state index < -0.39 is 30.2 Å². The summed E-state index contributed by atoms with van der Waals surface area (Å²) < 4.78 is 17.0. The first-order valence-corrected chi connectivity index (χ1v) is 9.51. The van der Waals surface area contributed by atoms with E-state index in [2.05, 4.69) is 5.92 Å². The summed E-state index contributed by atoms with van der Waals surface area (Å²) in [7, 11) is 1.62. The molecule has 1 fully saturated rings. The van der Waals surface area contributed by atoms with Crippen LogP contribution in [0.25, 0.3) is 0 Å². The summed E-state index contributed by atoms with van der Waals surface area (Å²) in [6.45, 7) is 1.83. The Morgan fingerprint density at radius 3 is 2.55 bits per heavy atom. The van der Waals surface area contributed by atoms with Crippen molar-refractivity contribution in [2.75, 3.05) is 7.11 Å². The molecule has 3 N–H and O–H groups in total. The van der Waals surface area contributed by atoms with Gasteiger partial charge in [0.1, 0.15) is 24.1 Å². The van der Waals surface area contributed by atoms with Crippen molar-refractivity contribution in [1.82, 2.24) is 0 Å². The highest BCUT2D eigenvalue weighted by Gasteiger charge is 2.57. The Balaban J connectivity index is 1.74. The summed E-state index contributed by atoms with van der Waals surface area (Å²) in [6, 6.07) is 11.4. The minimum atomic E-state index is -1.53. The zero-order chi connectivity index (χ0) is 20.8. The number of ether oxygens (including phenoxy) is 3. The maximum atomic E-state index is 10.7. The molecule has 6 heteroatoms. The highest BCUT2D eigenvalue weighted by molar-refractivity contribution is 5.51. The van der Waals surface area contributed by atoms with Crippen molar-refractivity contribution < 1.29 is 29.5 Å². The molecule has 2 aliphatic rings. The van der Waals surface area contributed by atoms with Crippen LogP contribution in [0.4, 0.5) is 0 Å². The Bertz CT molecular complexity index is 947. The SMILES string of the molecule is C#Cc1cc2c(cc1Cc1ccc(OC)cc1)[C@]1(OC2)O[C@H](C)[C@@H](O)[C@H](O)[C@H]1O. The molecule has 2 aromatic rings. The molecule has 1 spiro atoms. The number of terminal acetylenes is 1. The molecule has 0 aromatic heterocycles. The van der Waals surface area contributed by atoms with Crippen LogP contribution in [-0.2, 0) is 28.3 Å². The van der Waals surface area contributed by atoms with E-state index in [9.17, 15) is 15.3 Å². The molecule has 29 heavy (non-hydrogen) atoms. The predicted octanol–water partition coefficient (Wildman–Crippen LogP) is 1.45. The van der Waals surface area contributed by atoms with Crippen molar-refractivity contribution in [3.05, 3.63) is 64.2 Å².